The molecule has 0 spiro atoms. The van der Waals surface area contributed by atoms with Crippen LogP contribution in [0.15, 0.2) is 53.0 Å². The number of aromatic hydroxyl groups is 1. The summed E-state index contributed by atoms with van der Waals surface area (Å²) < 4.78 is 6.49. The van der Waals surface area contributed by atoms with Gasteiger partial charge in [-0.15, -0.1) is 0 Å². The molecule has 0 radical (unpaired) electrons. The maximum Gasteiger partial charge on any atom is 0.412 e. The normalized spacial score (nSPS) is 13.1. The number of hydrogen-bond donors (Lipinski definition) is 3. The predicted octanol–water partition coefficient (Wildman–Crippen LogP) is 4.46. The maximum absolute atomic E-state index is 12.2. The van der Waals surface area contributed by atoms with Crippen molar-refractivity contribution in [2.75, 3.05) is 11.9 Å². The van der Waals surface area contributed by atoms with Gasteiger partial charge in [-0.1, -0.05) is 35.0 Å². The van der Waals surface area contributed by atoms with Crippen LogP contribution >= 0.6 is 15.9 Å². The van der Waals surface area contributed by atoms with Crippen molar-refractivity contribution in [3.63, 3.8) is 0 Å². The number of nitrogens with one attached hydrogen (secondary N) is 1. The van der Waals surface area contributed by atoms with E-state index in [9.17, 15) is 15.0 Å². The molecule has 0 heterocycles. The molecule has 0 aliphatic heterocycles. The maximum atomic E-state index is 12.2. The van der Waals surface area contributed by atoms with E-state index in [2.05, 4.69) is 21.2 Å². The lowest BCUT2D eigenvalue weighted by Crippen LogP contribution is -2.22. The summed E-state index contributed by atoms with van der Waals surface area (Å²) in [5.41, 5.74) is 1.39. The number of benzene rings is 2. The standard InChI is InChI=1S/C18H20BrNO4/c1-12(10-11-21)17(13-2-8-16(22)9-3-13)24-18(23)20-15-6-4-14(19)5-7-15/h2-9,12,17,21-22H,10-11H2,1H3,(H,20,23)/t12-,17-/m1/s1. The number of ether oxygens (including phenoxy) is 1. The minimum absolute atomic E-state index is 0.00738. The molecule has 6 heteroatoms. The molecule has 0 unspecified atom stereocenters. The fourth-order valence-corrected chi connectivity index (χ4v) is 2.59. The van der Waals surface area contributed by atoms with Gasteiger partial charge in [-0.25, -0.2) is 4.79 Å². The monoisotopic (exact) mass is 393 g/mol. The molecule has 0 bridgehead atoms. The Bertz CT molecular complexity index is 658. The second kappa shape index (κ2) is 8.70. The van der Waals surface area contributed by atoms with Crippen LogP contribution in [0.1, 0.15) is 25.0 Å². The van der Waals surface area contributed by atoms with Gasteiger partial charge in [0.25, 0.3) is 0 Å². The van der Waals surface area contributed by atoms with Gasteiger partial charge in [-0.2, -0.15) is 0 Å². The third-order valence-electron chi connectivity index (χ3n) is 3.65. The van der Waals surface area contributed by atoms with Gasteiger partial charge in [0.1, 0.15) is 11.9 Å². The van der Waals surface area contributed by atoms with E-state index in [1.54, 1.807) is 36.4 Å². The number of anilines is 1. The van der Waals surface area contributed by atoms with E-state index in [1.165, 1.54) is 0 Å². The second-order valence-electron chi connectivity index (χ2n) is 5.54. The first-order valence-corrected chi connectivity index (χ1v) is 8.42. The summed E-state index contributed by atoms with van der Waals surface area (Å²) in [7, 11) is 0. The summed E-state index contributed by atoms with van der Waals surface area (Å²) in [4.78, 5) is 12.2. The van der Waals surface area contributed by atoms with Crippen LogP contribution in [-0.4, -0.2) is 22.9 Å². The molecule has 5 nitrogen and oxygen atoms in total. The number of carbonyl (C=O) groups excluding carboxylic acids is 1. The van der Waals surface area contributed by atoms with Gasteiger partial charge < -0.3 is 14.9 Å². The van der Waals surface area contributed by atoms with Crippen molar-refractivity contribution in [3.8, 4) is 5.75 Å². The molecule has 0 aliphatic carbocycles. The zero-order valence-corrected chi connectivity index (χ0v) is 14.9. The third-order valence-corrected chi connectivity index (χ3v) is 4.18. The Labute approximate surface area is 149 Å². The van der Waals surface area contributed by atoms with Crippen LogP contribution in [0.4, 0.5) is 10.5 Å². The summed E-state index contributed by atoms with van der Waals surface area (Å²) >= 11 is 3.34. The number of aliphatic hydroxyl groups is 1. The van der Waals surface area contributed by atoms with Crippen molar-refractivity contribution in [2.24, 2.45) is 5.92 Å². The molecule has 1 amide bonds. The number of phenolic OH excluding ortho intramolecular Hbond substituents is 1. The number of phenols is 1. The van der Waals surface area contributed by atoms with E-state index in [-0.39, 0.29) is 18.3 Å². The highest BCUT2D eigenvalue weighted by molar-refractivity contribution is 9.10. The smallest absolute Gasteiger partial charge is 0.412 e. The average molecular weight is 394 g/mol. The van der Waals surface area contributed by atoms with Crippen LogP contribution in [-0.2, 0) is 4.74 Å². The molecule has 0 aliphatic rings. The lowest BCUT2D eigenvalue weighted by molar-refractivity contribution is 0.0667. The van der Waals surface area contributed by atoms with E-state index in [0.29, 0.717) is 12.1 Å². The first-order chi connectivity index (χ1) is 11.5. The Hall–Kier alpha value is -2.05. The van der Waals surface area contributed by atoms with Crippen LogP contribution in [0.3, 0.4) is 0 Å². The Morgan fingerprint density at radius 2 is 1.79 bits per heavy atom. The number of rotatable bonds is 6. The summed E-state index contributed by atoms with van der Waals surface area (Å²) in [6, 6.07) is 13.7. The largest absolute Gasteiger partial charge is 0.508 e. The number of halogens is 1. The fraction of sp³-hybridized carbons (Fsp3) is 0.278. The molecule has 2 atom stereocenters. The van der Waals surface area contributed by atoms with Crippen molar-refractivity contribution in [1.29, 1.82) is 0 Å². The Balaban J connectivity index is 2.10. The van der Waals surface area contributed by atoms with E-state index in [4.69, 9.17) is 4.74 Å². The van der Waals surface area contributed by atoms with E-state index < -0.39 is 12.2 Å². The van der Waals surface area contributed by atoms with E-state index >= 15 is 0 Å². The summed E-state index contributed by atoms with van der Waals surface area (Å²) in [6.07, 6.45) is -0.592. The Morgan fingerprint density at radius 3 is 2.38 bits per heavy atom. The molecular weight excluding hydrogens is 374 g/mol. The SMILES string of the molecule is C[C@H](CCO)[C@@H](OC(=O)Nc1ccc(Br)cc1)c1ccc(O)cc1. The Morgan fingerprint density at radius 1 is 1.17 bits per heavy atom. The lowest BCUT2D eigenvalue weighted by atomic mass is 9.94. The zero-order valence-electron chi connectivity index (χ0n) is 13.3. The van der Waals surface area contributed by atoms with Crippen LogP contribution < -0.4 is 5.32 Å². The predicted molar refractivity (Wildman–Crippen MR) is 96.0 cm³/mol. The number of hydrogen-bond acceptors (Lipinski definition) is 4. The molecule has 0 aromatic heterocycles. The molecule has 2 aromatic rings. The third kappa shape index (κ3) is 5.25. The van der Waals surface area contributed by atoms with Crippen molar-refractivity contribution in [2.45, 2.75) is 19.4 Å². The molecule has 24 heavy (non-hydrogen) atoms. The molecule has 128 valence electrons. The molecule has 2 rings (SSSR count). The minimum Gasteiger partial charge on any atom is -0.508 e. The van der Waals surface area contributed by atoms with Crippen molar-refractivity contribution in [1.82, 2.24) is 0 Å². The van der Waals surface area contributed by atoms with Crippen LogP contribution in [0.2, 0.25) is 0 Å². The van der Waals surface area contributed by atoms with E-state index in [1.807, 2.05) is 19.1 Å². The van der Waals surface area contributed by atoms with Gasteiger partial charge in [-0.05, 0) is 54.3 Å². The number of amides is 1. The van der Waals surface area contributed by atoms with Crippen LogP contribution in [0.5, 0.6) is 5.75 Å². The lowest BCUT2D eigenvalue weighted by Gasteiger charge is -2.24. The van der Waals surface area contributed by atoms with Crippen LogP contribution in [0, 0.1) is 5.92 Å². The quantitative estimate of drug-likeness (QED) is 0.676. The Kier molecular flexibility index (Phi) is 6.63. The van der Waals surface area contributed by atoms with Crippen molar-refractivity contribution < 1.29 is 19.7 Å². The number of carbonyl (C=O) groups is 1. The molecule has 0 saturated heterocycles. The van der Waals surface area contributed by atoms with Gasteiger partial charge in [0.2, 0.25) is 0 Å². The molecule has 0 saturated carbocycles. The zero-order chi connectivity index (χ0) is 17.5. The van der Waals surface area contributed by atoms with Crippen molar-refractivity contribution >= 4 is 27.7 Å². The first kappa shape index (κ1) is 18.3. The van der Waals surface area contributed by atoms with Gasteiger partial charge in [0.15, 0.2) is 0 Å². The van der Waals surface area contributed by atoms with Gasteiger partial charge in [0, 0.05) is 16.8 Å². The molecular formula is C18H20BrNO4. The minimum atomic E-state index is -0.569. The molecule has 2 aromatic carbocycles. The highest BCUT2D eigenvalue weighted by Crippen LogP contribution is 2.30. The first-order valence-electron chi connectivity index (χ1n) is 7.62. The second-order valence-corrected chi connectivity index (χ2v) is 6.45. The summed E-state index contributed by atoms with van der Waals surface area (Å²) in [5.74, 6) is 0.0711. The van der Waals surface area contributed by atoms with E-state index in [0.717, 1.165) is 10.0 Å². The number of aliphatic hydroxyl groups excluding tert-OH is 1. The molecule has 3 N–H and O–H groups in total. The van der Waals surface area contributed by atoms with Gasteiger partial charge >= 0.3 is 6.09 Å². The average Bonchev–Trinajstić information content (AvgIpc) is 2.56. The topological polar surface area (TPSA) is 78.8 Å². The van der Waals surface area contributed by atoms with Crippen molar-refractivity contribution in [3.05, 3.63) is 58.6 Å². The highest BCUT2D eigenvalue weighted by Gasteiger charge is 2.23. The fourth-order valence-electron chi connectivity index (χ4n) is 2.33. The highest BCUT2D eigenvalue weighted by atomic mass is 79.9. The van der Waals surface area contributed by atoms with Gasteiger partial charge in [0.05, 0.1) is 0 Å². The summed E-state index contributed by atoms with van der Waals surface area (Å²) in [5, 5.41) is 21.3. The van der Waals surface area contributed by atoms with Crippen LogP contribution in [0.25, 0.3) is 0 Å². The van der Waals surface area contributed by atoms with Gasteiger partial charge in [-0.3, -0.25) is 5.32 Å². The molecule has 0 fully saturated rings. The summed E-state index contributed by atoms with van der Waals surface area (Å²) in [6.45, 7) is 1.91.